The predicted molar refractivity (Wildman–Crippen MR) is 84.7 cm³/mol. The van der Waals surface area contributed by atoms with E-state index in [-0.39, 0.29) is 12.0 Å². The Labute approximate surface area is 131 Å². The van der Waals surface area contributed by atoms with E-state index in [0.717, 1.165) is 23.6 Å². The van der Waals surface area contributed by atoms with Gasteiger partial charge in [0, 0.05) is 24.0 Å². The molecule has 0 aromatic heterocycles. The summed E-state index contributed by atoms with van der Waals surface area (Å²) >= 11 is 4.24. The van der Waals surface area contributed by atoms with Crippen molar-refractivity contribution in [3.63, 3.8) is 0 Å². The van der Waals surface area contributed by atoms with Crippen molar-refractivity contribution in [1.82, 2.24) is 10.2 Å². The summed E-state index contributed by atoms with van der Waals surface area (Å²) < 4.78 is 5.84. The fourth-order valence-corrected chi connectivity index (χ4v) is 3.25. The number of hydrogen-bond donors (Lipinski definition) is 2. The number of morpholine rings is 1. The average molecular weight is 306 g/mol. The molecule has 2 heterocycles. The molecule has 1 aromatic carbocycles. The van der Waals surface area contributed by atoms with E-state index in [0.29, 0.717) is 19.0 Å². The molecule has 3 rings (SSSR count). The minimum absolute atomic E-state index is 0.0501. The Kier molecular flexibility index (Phi) is 4.83. The molecule has 2 saturated heterocycles. The molecule has 2 unspecified atom stereocenters. The van der Waals surface area contributed by atoms with Crippen LogP contribution < -0.4 is 5.32 Å². The average Bonchev–Trinajstić information content (AvgIpc) is 2.95. The van der Waals surface area contributed by atoms with Crippen LogP contribution in [-0.2, 0) is 16.0 Å². The third-order valence-corrected chi connectivity index (χ3v) is 4.59. The fraction of sp³-hybridized carbons (Fsp3) is 0.562. The van der Waals surface area contributed by atoms with E-state index in [1.807, 2.05) is 24.3 Å². The molecule has 2 aliphatic heterocycles. The molecule has 0 radical (unpaired) electrons. The van der Waals surface area contributed by atoms with Crippen LogP contribution >= 0.6 is 12.6 Å². The summed E-state index contributed by atoms with van der Waals surface area (Å²) in [5, 5.41) is 2.99. The number of thiol groups is 1. The molecule has 2 atom stereocenters. The van der Waals surface area contributed by atoms with Gasteiger partial charge in [-0.3, -0.25) is 9.69 Å². The molecule has 1 amide bonds. The van der Waals surface area contributed by atoms with Crippen molar-refractivity contribution < 1.29 is 9.53 Å². The molecular weight excluding hydrogens is 284 g/mol. The first-order chi connectivity index (χ1) is 10.2. The maximum Gasteiger partial charge on any atom is 0.224 e. The van der Waals surface area contributed by atoms with Gasteiger partial charge in [-0.2, -0.15) is 0 Å². The van der Waals surface area contributed by atoms with Gasteiger partial charge in [0.1, 0.15) is 0 Å². The van der Waals surface area contributed by atoms with E-state index in [9.17, 15) is 4.79 Å². The summed E-state index contributed by atoms with van der Waals surface area (Å²) in [4.78, 5) is 15.4. The second-order valence-electron chi connectivity index (χ2n) is 5.89. The predicted octanol–water partition coefficient (Wildman–Crippen LogP) is 1.50. The molecular formula is C16H22N2O2S. The van der Waals surface area contributed by atoms with Gasteiger partial charge in [-0.1, -0.05) is 12.1 Å². The van der Waals surface area contributed by atoms with Gasteiger partial charge in [-0.05, 0) is 37.1 Å². The summed E-state index contributed by atoms with van der Waals surface area (Å²) in [6.45, 7) is 3.53. The van der Waals surface area contributed by atoms with Crippen LogP contribution in [0.15, 0.2) is 29.2 Å². The Hall–Kier alpha value is -1.04. The van der Waals surface area contributed by atoms with Gasteiger partial charge in [0.25, 0.3) is 0 Å². The number of carbonyl (C=O) groups is 1. The molecule has 0 aliphatic carbocycles. The number of hydrogen-bond acceptors (Lipinski definition) is 4. The summed E-state index contributed by atoms with van der Waals surface area (Å²) in [5.41, 5.74) is 1.01. The lowest BCUT2D eigenvalue weighted by Crippen LogP contribution is -2.50. The van der Waals surface area contributed by atoms with Gasteiger partial charge in [-0.15, -0.1) is 12.6 Å². The van der Waals surface area contributed by atoms with Crippen molar-refractivity contribution in [2.45, 2.75) is 36.3 Å². The molecule has 0 saturated carbocycles. The summed E-state index contributed by atoms with van der Waals surface area (Å²) in [6.07, 6.45) is 3.06. The van der Waals surface area contributed by atoms with Gasteiger partial charge in [-0.25, -0.2) is 0 Å². The topological polar surface area (TPSA) is 41.6 Å². The minimum atomic E-state index is 0.0501. The SMILES string of the molecule is O=C(Cc1ccc(S)cc1)NCC1CN2CCCC2CO1. The molecule has 0 bridgehead atoms. The highest BCUT2D eigenvalue weighted by molar-refractivity contribution is 7.80. The van der Waals surface area contributed by atoms with Crippen molar-refractivity contribution in [3.8, 4) is 0 Å². The van der Waals surface area contributed by atoms with Gasteiger partial charge in [0.15, 0.2) is 0 Å². The van der Waals surface area contributed by atoms with Crippen LogP contribution in [-0.4, -0.2) is 49.2 Å². The van der Waals surface area contributed by atoms with E-state index in [1.165, 1.54) is 19.4 Å². The van der Waals surface area contributed by atoms with Crippen molar-refractivity contribution >= 4 is 18.5 Å². The fourth-order valence-electron chi connectivity index (χ4n) is 3.10. The zero-order chi connectivity index (χ0) is 14.7. The molecule has 2 aliphatic rings. The van der Waals surface area contributed by atoms with Crippen molar-refractivity contribution in [2.75, 3.05) is 26.2 Å². The molecule has 21 heavy (non-hydrogen) atoms. The van der Waals surface area contributed by atoms with E-state index in [1.54, 1.807) is 0 Å². The second kappa shape index (κ2) is 6.81. The standard InChI is InChI=1S/C16H22N2O2S/c19-16(8-12-3-5-15(21)6-4-12)17-9-14-10-18-7-1-2-13(18)11-20-14/h3-6,13-14,21H,1-2,7-11H2,(H,17,19). The number of benzene rings is 1. The first-order valence-corrected chi connectivity index (χ1v) is 8.05. The molecule has 2 fully saturated rings. The summed E-state index contributed by atoms with van der Waals surface area (Å²) in [5.74, 6) is 0.0501. The molecule has 0 spiro atoms. The highest BCUT2D eigenvalue weighted by Crippen LogP contribution is 2.22. The van der Waals surface area contributed by atoms with Gasteiger partial charge in [0.05, 0.1) is 19.1 Å². The van der Waals surface area contributed by atoms with Gasteiger partial charge in [0.2, 0.25) is 5.91 Å². The molecule has 4 nitrogen and oxygen atoms in total. The Morgan fingerprint density at radius 2 is 2.19 bits per heavy atom. The number of ether oxygens (including phenoxy) is 1. The zero-order valence-electron chi connectivity index (χ0n) is 12.1. The number of carbonyl (C=O) groups excluding carboxylic acids is 1. The lowest BCUT2D eigenvalue weighted by molar-refractivity contribution is -0.121. The lowest BCUT2D eigenvalue weighted by Gasteiger charge is -2.35. The van der Waals surface area contributed by atoms with Gasteiger partial charge < -0.3 is 10.1 Å². The summed E-state index contributed by atoms with van der Waals surface area (Å²) in [6, 6.07) is 8.30. The van der Waals surface area contributed by atoms with Crippen LogP contribution in [0.4, 0.5) is 0 Å². The monoisotopic (exact) mass is 306 g/mol. The number of nitrogens with zero attached hydrogens (tertiary/aromatic N) is 1. The van der Waals surface area contributed by atoms with Crippen LogP contribution in [0.1, 0.15) is 18.4 Å². The number of amides is 1. The first-order valence-electron chi connectivity index (χ1n) is 7.61. The molecule has 1 aromatic rings. The lowest BCUT2D eigenvalue weighted by atomic mass is 10.1. The van der Waals surface area contributed by atoms with Crippen LogP contribution in [0.2, 0.25) is 0 Å². The third-order valence-electron chi connectivity index (χ3n) is 4.29. The van der Waals surface area contributed by atoms with E-state index >= 15 is 0 Å². The highest BCUT2D eigenvalue weighted by atomic mass is 32.1. The Morgan fingerprint density at radius 3 is 3.00 bits per heavy atom. The number of rotatable bonds is 4. The van der Waals surface area contributed by atoms with Crippen molar-refractivity contribution in [1.29, 1.82) is 0 Å². The quantitative estimate of drug-likeness (QED) is 0.828. The molecule has 5 heteroatoms. The Bertz CT molecular complexity index is 492. The van der Waals surface area contributed by atoms with E-state index < -0.39 is 0 Å². The van der Waals surface area contributed by atoms with Crippen molar-refractivity contribution in [3.05, 3.63) is 29.8 Å². The number of fused-ring (bicyclic) bond motifs is 1. The first kappa shape index (κ1) is 14.9. The van der Waals surface area contributed by atoms with Crippen LogP contribution in [0.25, 0.3) is 0 Å². The molecule has 1 N–H and O–H groups in total. The Morgan fingerprint density at radius 1 is 1.38 bits per heavy atom. The van der Waals surface area contributed by atoms with Crippen molar-refractivity contribution in [2.24, 2.45) is 0 Å². The minimum Gasteiger partial charge on any atom is -0.373 e. The highest BCUT2D eigenvalue weighted by Gasteiger charge is 2.32. The summed E-state index contributed by atoms with van der Waals surface area (Å²) in [7, 11) is 0. The van der Waals surface area contributed by atoms with Crippen LogP contribution in [0.5, 0.6) is 0 Å². The Balaban J connectivity index is 1.42. The maximum absolute atomic E-state index is 12.0. The largest absolute Gasteiger partial charge is 0.373 e. The van der Waals surface area contributed by atoms with Crippen LogP contribution in [0, 0.1) is 0 Å². The smallest absolute Gasteiger partial charge is 0.224 e. The zero-order valence-corrected chi connectivity index (χ0v) is 13.0. The van der Waals surface area contributed by atoms with Crippen LogP contribution in [0.3, 0.4) is 0 Å². The third kappa shape index (κ3) is 3.99. The number of nitrogens with one attached hydrogen (secondary N) is 1. The van der Waals surface area contributed by atoms with E-state index in [4.69, 9.17) is 4.74 Å². The second-order valence-corrected chi connectivity index (χ2v) is 6.41. The normalized spacial score (nSPS) is 25.6. The maximum atomic E-state index is 12.0. The van der Waals surface area contributed by atoms with E-state index in [2.05, 4.69) is 22.8 Å². The molecule has 114 valence electrons. The van der Waals surface area contributed by atoms with Gasteiger partial charge >= 0.3 is 0 Å².